The van der Waals surface area contributed by atoms with E-state index in [9.17, 15) is 4.79 Å². The number of esters is 1. The fourth-order valence-electron chi connectivity index (χ4n) is 0.423. The summed E-state index contributed by atoms with van der Waals surface area (Å²) in [5, 5.41) is 0. The molecule has 0 atom stereocenters. The monoisotopic (exact) mass is 136 g/mol. The zero-order valence-corrected chi connectivity index (χ0v) is 5.85. The molecular weight excluding hydrogens is 123 g/mol. The third-order valence-corrected chi connectivity index (χ3v) is 0.962. The van der Waals surface area contributed by atoms with Crippen molar-refractivity contribution in [3.63, 3.8) is 0 Å². The molecule has 0 aliphatic carbocycles. The standard InChI is InChI=1S/C6H12O2.FH/c1-3-4-5-6(7)8-2;/h3-5H2,1-2H3;1H. The van der Waals surface area contributed by atoms with Crippen molar-refractivity contribution >= 4 is 5.97 Å². The summed E-state index contributed by atoms with van der Waals surface area (Å²) in [6.07, 6.45) is 2.55. The minimum absolute atomic E-state index is 0. The predicted molar refractivity (Wildman–Crippen MR) is 34.0 cm³/mol. The molecule has 0 amide bonds. The average molecular weight is 136 g/mol. The van der Waals surface area contributed by atoms with Crippen LogP contribution in [-0.4, -0.2) is 13.1 Å². The molecular formula is C6H13FO2. The largest absolute Gasteiger partial charge is 0.469 e. The molecule has 0 aromatic carbocycles. The second kappa shape index (κ2) is 7.40. The highest BCUT2D eigenvalue weighted by molar-refractivity contribution is 5.68. The van der Waals surface area contributed by atoms with Crippen LogP contribution >= 0.6 is 0 Å². The van der Waals surface area contributed by atoms with Gasteiger partial charge in [-0.3, -0.25) is 9.50 Å². The van der Waals surface area contributed by atoms with Crippen molar-refractivity contribution in [3.8, 4) is 0 Å². The topological polar surface area (TPSA) is 26.3 Å². The number of rotatable bonds is 3. The van der Waals surface area contributed by atoms with Gasteiger partial charge in [0, 0.05) is 6.42 Å². The Hall–Kier alpha value is -0.600. The number of carbonyl (C=O) groups is 1. The Morgan fingerprint density at radius 3 is 2.44 bits per heavy atom. The third kappa shape index (κ3) is 7.40. The molecule has 0 spiro atoms. The first-order valence-corrected chi connectivity index (χ1v) is 2.88. The van der Waals surface area contributed by atoms with Gasteiger partial charge in [0.25, 0.3) is 0 Å². The zero-order valence-electron chi connectivity index (χ0n) is 5.85. The maximum Gasteiger partial charge on any atom is 0.305 e. The molecule has 0 aliphatic heterocycles. The van der Waals surface area contributed by atoms with E-state index in [0.717, 1.165) is 12.8 Å². The van der Waals surface area contributed by atoms with Gasteiger partial charge in [0.1, 0.15) is 0 Å². The Balaban J connectivity index is 0. The van der Waals surface area contributed by atoms with Crippen molar-refractivity contribution in [2.45, 2.75) is 26.2 Å². The van der Waals surface area contributed by atoms with E-state index in [2.05, 4.69) is 4.74 Å². The number of unbranched alkanes of at least 4 members (excludes halogenated alkanes) is 1. The summed E-state index contributed by atoms with van der Waals surface area (Å²) in [6.45, 7) is 2.04. The lowest BCUT2D eigenvalue weighted by atomic mass is 10.3. The van der Waals surface area contributed by atoms with Crippen LogP contribution in [0.3, 0.4) is 0 Å². The summed E-state index contributed by atoms with van der Waals surface area (Å²) in [6, 6.07) is 0. The van der Waals surface area contributed by atoms with Crippen molar-refractivity contribution < 1.29 is 14.2 Å². The summed E-state index contributed by atoms with van der Waals surface area (Å²) in [4.78, 5) is 10.3. The Kier molecular flexibility index (Phi) is 9.23. The second-order valence-electron chi connectivity index (χ2n) is 1.68. The van der Waals surface area contributed by atoms with Gasteiger partial charge >= 0.3 is 5.97 Å². The molecule has 0 N–H and O–H groups in total. The normalized spacial score (nSPS) is 7.78. The molecule has 9 heavy (non-hydrogen) atoms. The van der Waals surface area contributed by atoms with Gasteiger partial charge < -0.3 is 4.74 Å². The number of carbonyl (C=O) groups excluding carboxylic acids is 1. The fraction of sp³-hybridized carbons (Fsp3) is 0.833. The van der Waals surface area contributed by atoms with E-state index in [-0.39, 0.29) is 10.7 Å². The van der Waals surface area contributed by atoms with E-state index in [1.165, 1.54) is 7.11 Å². The van der Waals surface area contributed by atoms with Crippen LogP contribution in [0.25, 0.3) is 0 Å². The van der Waals surface area contributed by atoms with Crippen molar-refractivity contribution in [1.29, 1.82) is 0 Å². The summed E-state index contributed by atoms with van der Waals surface area (Å²) in [7, 11) is 1.41. The molecule has 56 valence electrons. The van der Waals surface area contributed by atoms with Gasteiger partial charge in [-0.15, -0.1) is 0 Å². The maximum atomic E-state index is 10.3. The lowest BCUT2D eigenvalue weighted by molar-refractivity contribution is -0.140. The molecule has 0 unspecified atom stereocenters. The van der Waals surface area contributed by atoms with Gasteiger partial charge in [0.2, 0.25) is 0 Å². The second-order valence-corrected chi connectivity index (χ2v) is 1.68. The Bertz CT molecular complexity index is 73.5. The fourth-order valence-corrected chi connectivity index (χ4v) is 0.423. The molecule has 0 radical (unpaired) electrons. The average Bonchev–Trinajstić information content (AvgIpc) is 1.83. The highest BCUT2D eigenvalue weighted by Gasteiger charge is 1.95. The molecule has 0 heterocycles. The van der Waals surface area contributed by atoms with E-state index in [1.807, 2.05) is 6.92 Å². The van der Waals surface area contributed by atoms with E-state index in [0.29, 0.717) is 6.42 Å². The summed E-state index contributed by atoms with van der Waals surface area (Å²) in [5.41, 5.74) is 0. The first-order valence-electron chi connectivity index (χ1n) is 2.88. The zero-order chi connectivity index (χ0) is 6.41. The summed E-state index contributed by atoms with van der Waals surface area (Å²) >= 11 is 0. The van der Waals surface area contributed by atoms with Crippen LogP contribution in [0.4, 0.5) is 4.70 Å². The van der Waals surface area contributed by atoms with Gasteiger partial charge in [-0.25, -0.2) is 0 Å². The number of methoxy groups -OCH3 is 1. The van der Waals surface area contributed by atoms with Crippen LogP contribution in [0, 0.1) is 0 Å². The smallest absolute Gasteiger partial charge is 0.305 e. The predicted octanol–water partition coefficient (Wildman–Crippen LogP) is 1.50. The molecule has 0 saturated heterocycles. The molecule has 0 saturated carbocycles. The van der Waals surface area contributed by atoms with Crippen molar-refractivity contribution in [2.24, 2.45) is 0 Å². The summed E-state index contributed by atoms with van der Waals surface area (Å²) < 4.78 is 4.41. The van der Waals surface area contributed by atoms with Crippen molar-refractivity contribution in [1.82, 2.24) is 0 Å². The van der Waals surface area contributed by atoms with Crippen LogP contribution in [-0.2, 0) is 9.53 Å². The van der Waals surface area contributed by atoms with Gasteiger partial charge in [-0.05, 0) is 6.42 Å². The van der Waals surface area contributed by atoms with E-state index in [1.54, 1.807) is 0 Å². The molecule has 0 rings (SSSR count). The van der Waals surface area contributed by atoms with E-state index in [4.69, 9.17) is 0 Å². The molecule has 0 fully saturated rings. The van der Waals surface area contributed by atoms with Crippen LogP contribution in [0.1, 0.15) is 26.2 Å². The highest BCUT2D eigenvalue weighted by Crippen LogP contribution is 1.94. The van der Waals surface area contributed by atoms with Crippen LogP contribution < -0.4 is 0 Å². The number of halogens is 1. The Labute approximate surface area is 54.6 Å². The number of ether oxygens (including phenoxy) is 1. The molecule has 0 aliphatic rings. The molecule has 0 aromatic heterocycles. The van der Waals surface area contributed by atoms with Crippen LogP contribution in [0.5, 0.6) is 0 Å². The molecule has 0 bridgehead atoms. The summed E-state index contributed by atoms with van der Waals surface area (Å²) in [5.74, 6) is -0.105. The minimum atomic E-state index is -0.105. The SMILES string of the molecule is CCCCC(=O)OC.F. The Morgan fingerprint density at radius 2 is 2.11 bits per heavy atom. The van der Waals surface area contributed by atoms with Gasteiger partial charge in [0.05, 0.1) is 7.11 Å². The molecule has 3 heteroatoms. The van der Waals surface area contributed by atoms with E-state index < -0.39 is 0 Å². The maximum absolute atomic E-state index is 10.3. The first-order chi connectivity index (χ1) is 3.81. The van der Waals surface area contributed by atoms with Gasteiger partial charge in [-0.2, -0.15) is 0 Å². The number of hydrogen-bond acceptors (Lipinski definition) is 2. The minimum Gasteiger partial charge on any atom is -0.469 e. The van der Waals surface area contributed by atoms with Gasteiger partial charge in [0.15, 0.2) is 0 Å². The van der Waals surface area contributed by atoms with Crippen LogP contribution in [0.15, 0.2) is 0 Å². The quantitative estimate of drug-likeness (QED) is 0.549. The van der Waals surface area contributed by atoms with Gasteiger partial charge in [-0.1, -0.05) is 13.3 Å². The third-order valence-electron chi connectivity index (χ3n) is 0.962. The molecule has 0 aromatic rings. The lowest BCUT2D eigenvalue weighted by Crippen LogP contribution is -1.98. The van der Waals surface area contributed by atoms with Crippen LogP contribution in [0.2, 0.25) is 0 Å². The lowest BCUT2D eigenvalue weighted by Gasteiger charge is -1.93. The van der Waals surface area contributed by atoms with E-state index >= 15 is 0 Å². The number of hydrogen-bond donors (Lipinski definition) is 0. The van der Waals surface area contributed by atoms with Crippen molar-refractivity contribution in [3.05, 3.63) is 0 Å². The highest BCUT2D eigenvalue weighted by atomic mass is 19.0. The Morgan fingerprint density at radius 1 is 1.56 bits per heavy atom. The van der Waals surface area contributed by atoms with Crippen molar-refractivity contribution in [2.75, 3.05) is 7.11 Å². The first kappa shape index (κ1) is 11.2. The molecule has 2 nitrogen and oxygen atoms in total.